The number of hydrogen-bond donors (Lipinski definition) is 0. The first-order valence-corrected chi connectivity index (χ1v) is 33.6. The third-order valence-corrected chi connectivity index (χ3v) is 16.0. The predicted molar refractivity (Wildman–Crippen MR) is 383 cm³/mol. The number of halogens is 2. The van der Waals surface area contributed by atoms with Crippen molar-refractivity contribution in [3.63, 3.8) is 0 Å². The predicted octanol–water partition coefficient (Wildman–Crippen LogP) is 12.9. The van der Waals surface area contributed by atoms with E-state index in [4.69, 9.17) is 62.6 Å². The molecule has 0 saturated carbocycles. The van der Waals surface area contributed by atoms with Crippen molar-refractivity contribution in [3.05, 3.63) is 268 Å². The third kappa shape index (κ3) is 23.4. The lowest BCUT2D eigenvalue weighted by atomic mass is 9.80. The van der Waals surface area contributed by atoms with Gasteiger partial charge in [-0.25, -0.2) is 23.2 Å². The summed E-state index contributed by atoms with van der Waals surface area (Å²) in [5.74, 6) is 6.15. The Hall–Kier alpha value is -13.6. The van der Waals surface area contributed by atoms with Crippen LogP contribution in [-0.2, 0) is 38.1 Å². The first-order valence-electron chi connectivity index (χ1n) is 33.6. The van der Waals surface area contributed by atoms with Crippen LogP contribution in [0.5, 0.6) is 34.5 Å². The standard InChI is InChI=1S/C84H66F2N4O17/c85-74-53-60(5-1-58-3-7-62(55-87)8-4-58)13-35-76(74)106-81(94)67-21-29-70(30-22-67)99-47-43-97-45-49-102-78(91)37-39-84(57-89,83(96)104-52-51-101-72-27-19-66(20-28-72)80(93)105-73-33-17-65(18-34-73)64-15-9-63(56-88)10-16-64)40-38-79(92)103-50-46-98-44-48-100-71-31-23-68(24-32-71)82(95)107-77-36-14-61(54-75(77)86)6-2-59-11-25-69(26-12-59)90-41-42-90/h3-4,7-36,53-54H,37-52H2. The summed E-state index contributed by atoms with van der Waals surface area (Å²) in [5, 5.41) is 28.6. The number of hydrogen-bond acceptors (Lipinski definition) is 21. The molecule has 1 atom stereocenters. The van der Waals surface area contributed by atoms with E-state index in [2.05, 4.69) is 34.7 Å². The maximum Gasteiger partial charge on any atom is 0.343 e. The molecule has 10 rings (SSSR count). The van der Waals surface area contributed by atoms with E-state index in [0.717, 1.165) is 41.5 Å². The zero-order valence-electron chi connectivity index (χ0n) is 57.4. The Morgan fingerprint density at radius 1 is 0.374 bits per heavy atom. The van der Waals surface area contributed by atoms with Crippen LogP contribution in [0.3, 0.4) is 0 Å². The van der Waals surface area contributed by atoms with Crippen LogP contribution in [0.2, 0.25) is 0 Å². The summed E-state index contributed by atoms with van der Waals surface area (Å²) in [7, 11) is 0. The number of esters is 6. The van der Waals surface area contributed by atoms with Gasteiger partial charge in [0.1, 0.15) is 62.6 Å². The molecule has 23 heteroatoms. The summed E-state index contributed by atoms with van der Waals surface area (Å²) >= 11 is 0. The van der Waals surface area contributed by atoms with Crippen molar-refractivity contribution in [2.45, 2.75) is 25.7 Å². The molecule has 0 radical (unpaired) electrons. The summed E-state index contributed by atoms with van der Waals surface area (Å²) < 4.78 is 90.5. The molecule has 0 aliphatic carbocycles. The molecule has 0 amide bonds. The van der Waals surface area contributed by atoms with Gasteiger partial charge in [-0.05, 0) is 206 Å². The van der Waals surface area contributed by atoms with Crippen molar-refractivity contribution in [2.24, 2.45) is 5.41 Å². The van der Waals surface area contributed by atoms with Crippen LogP contribution in [0.25, 0.3) is 11.1 Å². The molecule has 1 aliphatic heterocycles. The van der Waals surface area contributed by atoms with Crippen LogP contribution < -0.4 is 33.3 Å². The van der Waals surface area contributed by atoms with Crippen LogP contribution >= 0.6 is 0 Å². The Bertz CT molecular complexity index is 4870. The minimum Gasteiger partial charge on any atom is -0.491 e. The smallest absolute Gasteiger partial charge is 0.343 e. The van der Waals surface area contributed by atoms with E-state index >= 15 is 0 Å². The van der Waals surface area contributed by atoms with Crippen molar-refractivity contribution < 1.29 is 89.7 Å². The highest BCUT2D eigenvalue weighted by Gasteiger charge is 2.41. The quantitative estimate of drug-likeness (QED) is 0.00922. The molecule has 538 valence electrons. The highest BCUT2D eigenvalue weighted by Crippen LogP contribution is 2.33. The van der Waals surface area contributed by atoms with Gasteiger partial charge in [0.15, 0.2) is 28.5 Å². The maximum absolute atomic E-state index is 15.0. The van der Waals surface area contributed by atoms with Crippen LogP contribution in [0, 0.1) is 74.7 Å². The second-order valence-electron chi connectivity index (χ2n) is 23.5. The summed E-state index contributed by atoms with van der Waals surface area (Å²) in [5.41, 5.74) is 4.52. The molecule has 1 heterocycles. The van der Waals surface area contributed by atoms with E-state index in [0.29, 0.717) is 50.8 Å². The SMILES string of the molecule is N#Cc1ccc(C#Cc2ccc(OC(=O)c3ccc(OCCOCCOC(=O)CCC(C#N)(CCC(=O)OCCOCCOc4ccc(C(=O)Oc5ccc(C#Cc6ccc(N7CC7)cc6)cc5F)cc4)C(=O)OCCOc4ccc(C(=O)Oc5ccc(-c6ccc(C#N)cc6)cc5)cc4)cc3)c(F)c2)cc1. The molecule has 9 aromatic rings. The van der Waals surface area contributed by atoms with E-state index in [1.54, 1.807) is 66.7 Å². The molecule has 0 N–H and O–H groups in total. The number of ether oxygens (including phenoxy) is 11. The molecule has 0 bridgehead atoms. The first kappa shape index (κ1) is 76.0. The number of benzene rings is 9. The highest BCUT2D eigenvalue weighted by atomic mass is 19.1. The Labute approximate surface area is 614 Å². The zero-order valence-corrected chi connectivity index (χ0v) is 57.4. The molecule has 107 heavy (non-hydrogen) atoms. The summed E-state index contributed by atoms with van der Waals surface area (Å²) in [6.45, 7) is 1.28. The maximum atomic E-state index is 15.0. The third-order valence-electron chi connectivity index (χ3n) is 16.0. The van der Waals surface area contributed by atoms with Gasteiger partial charge in [0.25, 0.3) is 0 Å². The number of carbonyl (C=O) groups is 6. The van der Waals surface area contributed by atoms with Crippen LogP contribution in [0.15, 0.2) is 206 Å². The lowest BCUT2D eigenvalue weighted by Crippen LogP contribution is -2.34. The summed E-state index contributed by atoms with van der Waals surface area (Å²) in [6.07, 6.45) is -1.68. The van der Waals surface area contributed by atoms with Gasteiger partial charge in [-0.3, -0.25) is 14.4 Å². The number of rotatable bonds is 33. The molecule has 1 saturated heterocycles. The van der Waals surface area contributed by atoms with Gasteiger partial charge in [-0.2, -0.15) is 15.8 Å². The molecular formula is C84H66F2N4O17. The lowest BCUT2D eigenvalue weighted by molar-refractivity contribution is -0.156. The molecule has 1 aliphatic rings. The fourth-order valence-electron chi connectivity index (χ4n) is 10.1. The van der Waals surface area contributed by atoms with Gasteiger partial charge in [-0.15, -0.1) is 0 Å². The van der Waals surface area contributed by atoms with E-state index < -0.39 is 78.5 Å². The van der Waals surface area contributed by atoms with Crippen molar-refractivity contribution >= 4 is 41.5 Å². The monoisotopic (exact) mass is 1440 g/mol. The second kappa shape index (κ2) is 38.6. The van der Waals surface area contributed by atoms with Gasteiger partial charge < -0.3 is 57.0 Å². The minimum absolute atomic E-state index is 0.0478. The van der Waals surface area contributed by atoms with Crippen LogP contribution in [0.4, 0.5) is 14.5 Å². The van der Waals surface area contributed by atoms with Gasteiger partial charge in [0.05, 0.1) is 72.5 Å². The van der Waals surface area contributed by atoms with Gasteiger partial charge >= 0.3 is 35.8 Å². The van der Waals surface area contributed by atoms with Gasteiger partial charge in [-0.1, -0.05) is 47.9 Å². The zero-order chi connectivity index (χ0) is 75.2. The molecule has 9 aromatic carbocycles. The Kier molecular flexibility index (Phi) is 27.4. The minimum atomic E-state index is -2.03. The molecule has 0 aromatic heterocycles. The van der Waals surface area contributed by atoms with Crippen molar-refractivity contribution in [1.82, 2.24) is 0 Å². The average molecular weight is 1440 g/mol. The van der Waals surface area contributed by atoms with Crippen molar-refractivity contribution in [2.75, 3.05) is 84.1 Å². The molecule has 21 nitrogen and oxygen atoms in total. The number of nitrogens with zero attached hydrogens (tertiary/aromatic N) is 4. The Morgan fingerprint density at radius 2 is 0.720 bits per heavy atom. The van der Waals surface area contributed by atoms with Gasteiger partial charge in [0, 0.05) is 53.9 Å². The Morgan fingerprint density at radius 3 is 1.13 bits per heavy atom. The van der Waals surface area contributed by atoms with Crippen LogP contribution in [-0.4, -0.2) is 115 Å². The molecular weight excluding hydrogens is 1370 g/mol. The van der Waals surface area contributed by atoms with Gasteiger partial charge in [0.2, 0.25) is 0 Å². The first-order chi connectivity index (χ1) is 52.1. The number of nitriles is 3. The summed E-state index contributed by atoms with van der Waals surface area (Å²) in [4.78, 5) is 80.9. The fraction of sp³-hybridized carbons (Fsp3) is 0.202. The number of anilines is 1. The van der Waals surface area contributed by atoms with Crippen molar-refractivity contribution in [3.8, 4) is 87.5 Å². The molecule has 0 spiro atoms. The van der Waals surface area contributed by atoms with E-state index in [1.165, 1.54) is 97.1 Å². The summed E-state index contributed by atoms with van der Waals surface area (Å²) in [6, 6.07) is 60.3. The van der Waals surface area contributed by atoms with E-state index in [-0.39, 0.29) is 94.3 Å². The average Bonchev–Trinajstić information content (AvgIpc) is 1.73. The number of carbonyl (C=O) groups excluding carboxylic acids is 6. The largest absolute Gasteiger partial charge is 0.491 e. The molecule has 1 unspecified atom stereocenters. The van der Waals surface area contributed by atoms with E-state index in [1.807, 2.05) is 48.5 Å². The van der Waals surface area contributed by atoms with E-state index in [9.17, 15) is 42.8 Å². The topological polar surface area (TPSA) is 278 Å². The molecule has 1 fully saturated rings. The highest BCUT2D eigenvalue weighted by molar-refractivity contribution is 5.92. The Balaban J connectivity index is 0.634. The normalized spacial score (nSPS) is 11.5. The van der Waals surface area contributed by atoms with Crippen molar-refractivity contribution in [1.29, 1.82) is 15.8 Å². The second-order valence-corrected chi connectivity index (χ2v) is 23.5. The van der Waals surface area contributed by atoms with Crippen LogP contribution in [0.1, 0.15) is 90.1 Å². The fourth-order valence-corrected chi connectivity index (χ4v) is 10.1. The lowest BCUT2D eigenvalue weighted by Gasteiger charge is -2.24.